The van der Waals surface area contributed by atoms with Gasteiger partial charge in [0.2, 0.25) is 11.8 Å². The number of hydrogen-bond donors (Lipinski definition) is 2. The normalized spacial score (nSPS) is 17.1. The molecule has 5 nitrogen and oxygen atoms in total. The molecule has 1 heterocycles. The lowest BCUT2D eigenvalue weighted by atomic mass is 9.96. The number of nitrogens with two attached hydrogens (primary N) is 1. The van der Waals surface area contributed by atoms with Gasteiger partial charge < -0.3 is 16.0 Å². The zero-order valence-electron chi connectivity index (χ0n) is 14.3. The first kappa shape index (κ1) is 20.5. The first-order chi connectivity index (χ1) is 11.1. The fourth-order valence-corrected chi connectivity index (χ4v) is 3.05. The first-order valence-electron chi connectivity index (χ1n) is 8.42. The highest BCUT2D eigenvalue weighted by Crippen LogP contribution is 2.18. The number of halogens is 1. The van der Waals surface area contributed by atoms with E-state index in [2.05, 4.69) is 24.4 Å². The van der Waals surface area contributed by atoms with Crippen LogP contribution in [-0.2, 0) is 16.0 Å². The van der Waals surface area contributed by atoms with Crippen molar-refractivity contribution in [2.24, 2.45) is 11.7 Å². The number of rotatable bonds is 6. The van der Waals surface area contributed by atoms with E-state index in [1.807, 2.05) is 17.0 Å². The van der Waals surface area contributed by atoms with Gasteiger partial charge in [0, 0.05) is 32.6 Å². The summed E-state index contributed by atoms with van der Waals surface area (Å²) in [5.74, 6) is 0.0640. The summed E-state index contributed by atoms with van der Waals surface area (Å²) in [4.78, 5) is 26.3. The highest BCUT2D eigenvalue weighted by atomic mass is 35.5. The van der Waals surface area contributed by atoms with E-state index in [1.165, 1.54) is 11.1 Å². The highest BCUT2D eigenvalue weighted by molar-refractivity contribution is 5.85. The average Bonchev–Trinajstić information content (AvgIpc) is 2.58. The van der Waals surface area contributed by atoms with Crippen LogP contribution in [0.5, 0.6) is 0 Å². The van der Waals surface area contributed by atoms with Crippen LogP contribution in [-0.4, -0.2) is 42.9 Å². The third-order valence-corrected chi connectivity index (χ3v) is 4.46. The van der Waals surface area contributed by atoms with Gasteiger partial charge in [-0.3, -0.25) is 9.59 Å². The highest BCUT2D eigenvalue weighted by Gasteiger charge is 2.27. The molecule has 0 radical (unpaired) electrons. The number of piperidine rings is 1. The van der Waals surface area contributed by atoms with Crippen molar-refractivity contribution in [2.45, 2.75) is 32.6 Å². The number of carbonyl (C=O) groups excluding carboxylic acids is 2. The Balaban J connectivity index is 0.00000288. The molecule has 6 heteroatoms. The van der Waals surface area contributed by atoms with Crippen molar-refractivity contribution in [3.05, 3.63) is 35.4 Å². The monoisotopic (exact) mass is 353 g/mol. The van der Waals surface area contributed by atoms with Crippen LogP contribution in [0.3, 0.4) is 0 Å². The second-order valence-corrected chi connectivity index (χ2v) is 6.19. The van der Waals surface area contributed by atoms with Gasteiger partial charge >= 0.3 is 0 Å². The molecule has 3 N–H and O–H groups in total. The number of nitrogens with one attached hydrogen (secondary N) is 1. The van der Waals surface area contributed by atoms with Crippen molar-refractivity contribution in [1.82, 2.24) is 10.2 Å². The van der Waals surface area contributed by atoms with Gasteiger partial charge in [-0.15, -0.1) is 12.4 Å². The van der Waals surface area contributed by atoms with Gasteiger partial charge in [-0.2, -0.15) is 0 Å². The van der Waals surface area contributed by atoms with E-state index in [9.17, 15) is 9.59 Å². The summed E-state index contributed by atoms with van der Waals surface area (Å²) in [6.07, 6.45) is 2.99. The van der Waals surface area contributed by atoms with Gasteiger partial charge in [0.1, 0.15) is 0 Å². The molecule has 1 fully saturated rings. The van der Waals surface area contributed by atoms with Gasteiger partial charge in [-0.25, -0.2) is 0 Å². The fourth-order valence-electron chi connectivity index (χ4n) is 3.05. The van der Waals surface area contributed by atoms with E-state index in [4.69, 9.17) is 5.73 Å². The van der Waals surface area contributed by atoms with Crippen molar-refractivity contribution in [2.75, 3.05) is 26.2 Å². The van der Waals surface area contributed by atoms with Crippen LogP contribution in [0.2, 0.25) is 0 Å². The molecule has 2 rings (SSSR count). The number of benzene rings is 1. The minimum absolute atomic E-state index is 0. The van der Waals surface area contributed by atoms with Crippen LogP contribution in [0.15, 0.2) is 24.3 Å². The molecule has 24 heavy (non-hydrogen) atoms. The minimum Gasteiger partial charge on any atom is -0.355 e. The van der Waals surface area contributed by atoms with Crippen LogP contribution in [0, 0.1) is 12.8 Å². The smallest absolute Gasteiger partial charge is 0.224 e. The average molecular weight is 354 g/mol. The lowest BCUT2D eigenvalue weighted by Crippen LogP contribution is -2.46. The largest absolute Gasteiger partial charge is 0.355 e. The summed E-state index contributed by atoms with van der Waals surface area (Å²) in [7, 11) is 0. The van der Waals surface area contributed by atoms with E-state index >= 15 is 0 Å². The molecule has 1 unspecified atom stereocenters. The summed E-state index contributed by atoms with van der Waals surface area (Å²) in [6, 6.07) is 8.15. The third kappa shape index (κ3) is 5.80. The number of hydrogen-bond acceptors (Lipinski definition) is 3. The van der Waals surface area contributed by atoms with Crippen LogP contribution in [0.4, 0.5) is 0 Å². The number of carbonyl (C=O) groups is 2. The van der Waals surface area contributed by atoms with Gasteiger partial charge in [-0.05, 0) is 37.3 Å². The van der Waals surface area contributed by atoms with Crippen LogP contribution >= 0.6 is 12.4 Å². The molecule has 1 aromatic rings. The predicted molar refractivity (Wildman–Crippen MR) is 98.1 cm³/mol. The lowest BCUT2D eigenvalue weighted by Gasteiger charge is -2.32. The summed E-state index contributed by atoms with van der Waals surface area (Å²) in [5.41, 5.74) is 7.85. The summed E-state index contributed by atoms with van der Waals surface area (Å²) < 4.78 is 0. The van der Waals surface area contributed by atoms with E-state index < -0.39 is 0 Å². The van der Waals surface area contributed by atoms with Gasteiger partial charge in [-0.1, -0.05) is 24.3 Å². The maximum Gasteiger partial charge on any atom is 0.224 e. The van der Waals surface area contributed by atoms with Crippen molar-refractivity contribution >= 4 is 24.2 Å². The number of likely N-dealkylation sites (tertiary alicyclic amines) is 1. The molecule has 134 valence electrons. The Morgan fingerprint density at radius 2 is 2.08 bits per heavy atom. The standard InChI is InChI=1S/C18H27N3O2.ClH/c1-14-5-2-3-6-15(14)8-9-17(22)21-12-4-7-16(13-21)18(23)20-11-10-19;/h2-3,5-6,16H,4,7-13,19H2,1H3,(H,20,23);1H. The van der Waals surface area contributed by atoms with Gasteiger partial charge in [0.05, 0.1) is 5.92 Å². The Hall–Kier alpha value is -1.59. The van der Waals surface area contributed by atoms with Gasteiger partial charge in [0.25, 0.3) is 0 Å². The second kappa shape index (κ2) is 10.3. The quantitative estimate of drug-likeness (QED) is 0.816. The number of amides is 2. The van der Waals surface area contributed by atoms with Crippen molar-refractivity contribution < 1.29 is 9.59 Å². The molecular weight excluding hydrogens is 326 g/mol. The Bertz CT molecular complexity index is 551. The summed E-state index contributed by atoms with van der Waals surface area (Å²) in [6.45, 7) is 4.29. The van der Waals surface area contributed by atoms with E-state index in [0.29, 0.717) is 26.1 Å². The Labute approximate surface area is 150 Å². The molecular formula is C18H28ClN3O2. The maximum absolute atomic E-state index is 12.4. The van der Waals surface area contributed by atoms with E-state index in [1.54, 1.807) is 0 Å². The van der Waals surface area contributed by atoms with Crippen molar-refractivity contribution in [1.29, 1.82) is 0 Å². The van der Waals surface area contributed by atoms with E-state index in [0.717, 1.165) is 25.8 Å². The maximum atomic E-state index is 12.4. The molecule has 0 saturated carbocycles. The molecule has 1 aliphatic rings. The summed E-state index contributed by atoms with van der Waals surface area (Å²) >= 11 is 0. The first-order valence-corrected chi connectivity index (χ1v) is 8.42. The number of aryl methyl sites for hydroxylation is 2. The van der Waals surface area contributed by atoms with E-state index in [-0.39, 0.29) is 30.1 Å². The zero-order valence-corrected chi connectivity index (χ0v) is 15.1. The topological polar surface area (TPSA) is 75.4 Å². The molecule has 0 aliphatic carbocycles. The van der Waals surface area contributed by atoms with Crippen molar-refractivity contribution in [3.63, 3.8) is 0 Å². The molecule has 1 atom stereocenters. The Kier molecular flexibility index (Phi) is 8.79. The molecule has 1 saturated heterocycles. The van der Waals surface area contributed by atoms with Crippen LogP contribution < -0.4 is 11.1 Å². The molecule has 1 aromatic carbocycles. The predicted octanol–water partition coefficient (Wildman–Crippen LogP) is 1.66. The minimum atomic E-state index is -0.0993. The van der Waals surface area contributed by atoms with Crippen LogP contribution in [0.1, 0.15) is 30.4 Å². The Morgan fingerprint density at radius 1 is 1.33 bits per heavy atom. The van der Waals surface area contributed by atoms with Crippen molar-refractivity contribution in [3.8, 4) is 0 Å². The molecule has 2 amide bonds. The third-order valence-electron chi connectivity index (χ3n) is 4.46. The summed E-state index contributed by atoms with van der Waals surface area (Å²) in [5, 5.41) is 2.82. The molecule has 1 aliphatic heterocycles. The molecule has 0 spiro atoms. The van der Waals surface area contributed by atoms with Crippen LogP contribution in [0.25, 0.3) is 0 Å². The lowest BCUT2D eigenvalue weighted by molar-refractivity contribution is -0.135. The molecule has 0 aromatic heterocycles. The number of nitrogens with zero attached hydrogens (tertiary/aromatic N) is 1. The second-order valence-electron chi connectivity index (χ2n) is 6.19. The van der Waals surface area contributed by atoms with Gasteiger partial charge in [0.15, 0.2) is 0 Å². The SMILES string of the molecule is Cc1ccccc1CCC(=O)N1CCCC(C(=O)NCCN)C1.Cl. The Morgan fingerprint density at radius 3 is 2.79 bits per heavy atom. The fraction of sp³-hybridized carbons (Fsp3) is 0.556. The zero-order chi connectivity index (χ0) is 16.7. The molecule has 0 bridgehead atoms.